The first-order valence-electron chi connectivity index (χ1n) is 12.6. The van der Waals surface area contributed by atoms with Gasteiger partial charge in [-0.05, 0) is 36.5 Å². The highest BCUT2D eigenvalue weighted by Crippen LogP contribution is 2.42. The number of aromatic nitrogens is 3. The molecule has 8 nitrogen and oxygen atoms in total. The van der Waals surface area contributed by atoms with E-state index in [0.29, 0.717) is 46.2 Å². The predicted octanol–water partition coefficient (Wildman–Crippen LogP) is 4.45. The van der Waals surface area contributed by atoms with E-state index in [1.807, 2.05) is 24.3 Å². The van der Waals surface area contributed by atoms with Gasteiger partial charge in [-0.1, -0.05) is 24.6 Å². The van der Waals surface area contributed by atoms with Crippen LogP contribution < -0.4 is 5.32 Å². The van der Waals surface area contributed by atoms with Gasteiger partial charge in [0.15, 0.2) is 0 Å². The van der Waals surface area contributed by atoms with E-state index in [4.69, 9.17) is 10.8 Å². The normalized spacial score (nSPS) is 17.9. The number of H-pyrrole nitrogens is 1. The van der Waals surface area contributed by atoms with Crippen LogP contribution >= 0.6 is 0 Å². The predicted molar refractivity (Wildman–Crippen MR) is 137 cm³/mol. The van der Waals surface area contributed by atoms with Crippen LogP contribution in [0.2, 0.25) is 0 Å². The fraction of sp³-hybridized carbons (Fsp3) is 0.462. The van der Waals surface area contributed by atoms with Crippen LogP contribution in [0.4, 0.5) is 13.2 Å². The number of amidine groups is 1. The molecule has 1 saturated heterocycles. The second-order valence-corrected chi connectivity index (χ2v) is 9.89. The van der Waals surface area contributed by atoms with E-state index in [1.54, 1.807) is 7.05 Å². The second-order valence-electron chi connectivity index (χ2n) is 9.89. The summed E-state index contributed by atoms with van der Waals surface area (Å²) in [6.07, 6.45) is -0.334. The van der Waals surface area contributed by atoms with Gasteiger partial charge >= 0.3 is 6.18 Å². The second kappa shape index (κ2) is 10.2. The van der Waals surface area contributed by atoms with Crippen molar-refractivity contribution < 1.29 is 13.2 Å². The lowest BCUT2D eigenvalue weighted by Gasteiger charge is -2.36. The van der Waals surface area contributed by atoms with Crippen molar-refractivity contribution in [2.24, 2.45) is 5.92 Å². The number of nitrogens with zero attached hydrogens (tertiary/aromatic N) is 4. The number of alkyl halides is 3. The number of hydrogen-bond donors (Lipinski definition) is 4. The SMILES string of the molecule is CN(C=N)C(=N)C(c1cccc(-c2n[nH]c3c(CN4CCNCC4)nc(C(F)(F)F)cc23)c1)C1CCC1. The molecule has 11 heteroatoms. The zero-order valence-electron chi connectivity index (χ0n) is 20.7. The van der Waals surface area contributed by atoms with Gasteiger partial charge in [0.2, 0.25) is 0 Å². The smallest absolute Gasteiger partial charge is 0.324 e. The molecule has 0 radical (unpaired) electrons. The van der Waals surface area contributed by atoms with Crippen LogP contribution in [0.25, 0.3) is 22.2 Å². The van der Waals surface area contributed by atoms with E-state index in [0.717, 1.165) is 63.4 Å². The molecule has 4 N–H and O–H groups in total. The molecule has 2 aliphatic rings. The van der Waals surface area contributed by atoms with E-state index in [1.165, 1.54) is 4.90 Å². The maximum atomic E-state index is 13.9. The maximum Gasteiger partial charge on any atom is 0.433 e. The summed E-state index contributed by atoms with van der Waals surface area (Å²) in [5.74, 6) is 0.444. The summed E-state index contributed by atoms with van der Waals surface area (Å²) < 4.78 is 41.6. The van der Waals surface area contributed by atoms with E-state index in [2.05, 4.69) is 25.4 Å². The highest BCUT2D eigenvalue weighted by Gasteiger charge is 2.35. The van der Waals surface area contributed by atoms with Crippen LogP contribution in [0.3, 0.4) is 0 Å². The zero-order chi connectivity index (χ0) is 26.2. The lowest BCUT2D eigenvalue weighted by atomic mass is 9.72. The number of halogens is 3. The summed E-state index contributed by atoms with van der Waals surface area (Å²) >= 11 is 0. The van der Waals surface area contributed by atoms with Gasteiger partial charge in [0.1, 0.15) is 17.2 Å². The van der Waals surface area contributed by atoms with Crippen molar-refractivity contribution >= 4 is 23.1 Å². The Morgan fingerprint density at radius 3 is 2.65 bits per heavy atom. The third-order valence-corrected chi connectivity index (χ3v) is 7.51. The summed E-state index contributed by atoms with van der Waals surface area (Å²) in [6, 6.07) is 8.66. The van der Waals surface area contributed by atoms with Crippen LogP contribution in [-0.4, -0.2) is 70.4 Å². The fourth-order valence-electron chi connectivity index (χ4n) is 5.24. The van der Waals surface area contributed by atoms with Gasteiger partial charge in [0.25, 0.3) is 0 Å². The maximum absolute atomic E-state index is 13.9. The zero-order valence-corrected chi connectivity index (χ0v) is 20.7. The van der Waals surface area contributed by atoms with E-state index in [-0.39, 0.29) is 5.92 Å². The molecule has 0 bridgehead atoms. The minimum Gasteiger partial charge on any atom is -0.324 e. The van der Waals surface area contributed by atoms with Gasteiger partial charge < -0.3 is 10.2 Å². The number of aromatic amines is 1. The van der Waals surface area contributed by atoms with Crippen molar-refractivity contribution in [1.29, 1.82) is 10.8 Å². The number of pyridine rings is 1. The molecule has 1 unspecified atom stereocenters. The Bertz CT molecular complexity index is 1290. The molecular weight excluding hydrogens is 481 g/mol. The third kappa shape index (κ3) is 5.10. The van der Waals surface area contributed by atoms with Crippen LogP contribution in [0, 0.1) is 16.7 Å². The van der Waals surface area contributed by atoms with Crippen LogP contribution in [0.5, 0.6) is 0 Å². The molecule has 1 aliphatic heterocycles. The molecule has 196 valence electrons. The van der Waals surface area contributed by atoms with Crippen molar-refractivity contribution in [3.05, 3.63) is 47.3 Å². The highest BCUT2D eigenvalue weighted by molar-refractivity contribution is 5.96. The average molecular weight is 513 g/mol. The van der Waals surface area contributed by atoms with E-state index < -0.39 is 11.9 Å². The monoisotopic (exact) mass is 512 g/mol. The molecule has 2 aromatic heterocycles. The molecule has 1 aliphatic carbocycles. The molecule has 5 rings (SSSR count). The molecule has 3 heterocycles. The summed E-state index contributed by atoms with van der Waals surface area (Å²) in [4.78, 5) is 7.59. The standard InChI is InChI=1S/C26H31F3N8/c1-36(15-30)25(31)22(16-4-2-5-16)17-6-3-7-18(12-17)23-19-13-21(26(27,28)29)33-20(24(19)35-34-23)14-37-10-8-32-9-11-37/h3,6-7,12-13,15-16,22,30-32H,2,4-5,8-11,14H2,1H3,(H,34,35). The Morgan fingerprint density at radius 2 is 2.00 bits per heavy atom. The number of nitrogens with one attached hydrogen (secondary N) is 4. The van der Waals surface area contributed by atoms with Gasteiger partial charge in [0, 0.05) is 56.6 Å². The number of rotatable bonds is 7. The quantitative estimate of drug-likeness (QED) is 0.276. The van der Waals surface area contributed by atoms with Crippen molar-refractivity contribution in [3.8, 4) is 11.3 Å². The molecule has 1 saturated carbocycles. The number of benzene rings is 1. The van der Waals surface area contributed by atoms with E-state index >= 15 is 0 Å². The summed E-state index contributed by atoms with van der Waals surface area (Å²) in [5, 5.41) is 27.3. The van der Waals surface area contributed by atoms with Crippen molar-refractivity contribution in [3.63, 3.8) is 0 Å². The van der Waals surface area contributed by atoms with Gasteiger partial charge in [-0.3, -0.25) is 20.8 Å². The van der Waals surface area contributed by atoms with Gasteiger partial charge in [-0.15, -0.1) is 0 Å². The Morgan fingerprint density at radius 1 is 1.24 bits per heavy atom. The van der Waals surface area contributed by atoms with Crippen LogP contribution in [0.1, 0.15) is 42.1 Å². The Hall–Kier alpha value is -3.31. The fourth-order valence-corrected chi connectivity index (χ4v) is 5.24. The Labute approximate surface area is 213 Å². The molecule has 0 spiro atoms. The molecule has 1 aromatic carbocycles. The lowest BCUT2D eigenvalue weighted by molar-refractivity contribution is -0.141. The Balaban J connectivity index is 1.57. The summed E-state index contributed by atoms with van der Waals surface area (Å²) in [6.45, 7) is 3.35. The molecule has 3 aromatic rings. The Kier molecular flexibility index (Phi) is 7.00. The first kappa shape index (κ1) is 25.3. The number of hydrogen-bond acceptors (Lipinski definition) is 6. The van der Waals surface area contributed by atoms with Crippen molar-refractivity contribution in [2.45, 2.75) is 37.9 Å². The van der Waals surface area contributed by atoms with Crippen LogP contribution in [0.15, 0.2) is 30.3 Å². The van der Waals surface area contributed by atoms with Gasteiger partial charge in [-0.2, -0.15) is 18.3 Å². The molecule has 1 atom stereocenters. The third-order valence-electron chi connectivity index (χ3n) is 7.51. The summed E-state index contributed by atoms with van der Waals surface area (Å²) in [7, 11) is 1.69. The molecular formula is C26H31F3N8. The topological polar surface area (TPSA) is 108 Å². The van der Waals surface area contributed by atoms with Crippen molar-refractivity contribution in [1.82, 2.24) is 30.3 Å². The average Bonchev–Trinajstić information content (AvgIpc) is 3.30. The number of fused-ring (bicyclic) bond motifs is 1. The first-order chi connectivity index (χ1) is 17.8. The molecule has 37 heavy (non-hydrogen) atoms. The molecule has 0 amide bonds. The highest BCUT2D eigenvalue weighted by atomic mass is 19.4. The lowest BCUT2D eigenvalue weighted by Crippen LogP contribution is -2.43. The minimum absolute atomic E-state index is 0.193. The number of piperazine rings is 1. The first-order valence-corrected chi connectivity index (χ1v) is 12.6. The van der Waals surface area contributed by atoms with Gasteiger partial charge in [0.05, 0.1) is 17.5 Å². The van der Waals surface area contributed by atoms with Gasteiger partial charge in [-0.25, -0.2) is 4.98 Å². The molecule has 2 fully saturated rings. The van der Waals surface area contributed by atoms with E-state index in [9.17, 15) is 13.2 Å². The number of likely N-dealkylation sites (N-methyl/N-ethyl adjacent to an activating group) is 1. The summed E-state index contributed by atoms with van der Waals surface area (Å²) in [5.41, 5.74) is 1.95. The van der Waals surface area contributed by atoms with Crippen LogP contribution in [-0.2, 0) is 12.7 Å². The largest absolute Gasteiger partial charge is 0.433 e. The minimum atomic E-state index is -4.58. The van der Waals surface area contributed by atoms with Crippen molar-refractivity contribution in [2.75, 3.05) is 33.2 Å².